The van der Waals surface area contributed by atoms with E-state index in [1.807, 2.05) is 0 Å². The van der Waals surface area contributed by atoms with Crippen molar-refractivity contribution >= 4 is 11.6 Å². The molecule has 5 nitrogen and oxygen atoms in total. The van der Waals surface area contributed by atoms with Crippen molar-refractivity contribution in [2.75, 3.05) is 32.8 Å². The zero-order chi connectivity index (χ0) is 19.2. The first-order valence-corrected chi connectivity index (χ1v) is 7.63. The molecule has 1 N–H and O–H groups in total. The predicted octanol–water partition coefficient (Wildman–Crippen LogP) is 3.99. The number of hydrogen-bond donors (Lipinski definition) is 1. The zero-order valence-electron chi connectivity index (χ0n) is 14.2. The summed E-state index contributed by atoms with van der Waals surface area (Å²) in [6, 6.07) is 9.07. The minimum absolute atomic E-state index is 0.0725. The molecule has 1 amide bonds. The van der Waals surface area contributed by atoms with E-state index < -0.39 is 17.6 Å². The second-order valence-electron chi connectivity index (χ2n) is 5.23. The third-order valence-corrected chi connectivity index (χ3v) is 3.45. The molecular formula is C18H18F3NO4. The third-order valence-electron chi connectivity index (χ3n) is 3.45. The number of alkyl halides is 3. The van der Waals surface area contributed by atoms with E-state index in [9.17, 15) is 18.0 Å². The Morgan fingerprint density at radius 2 is 1.73 bits per heavy atom. The number of halogens is 3. The Balaban J connectivity index is 2.26. The van der Waals surface area contributed by atoms with E-state index in [2.05, 4.69) is 5.32 Å². The Kier molecular flexibility index (Phi) is 6.46. The summed E-state index contributed by atoms with van der Waals surface area (Å²) >= 11 is 0. The van der Waals surface area contributed by atoms with E-state index >= 15 is 0 Å². The molecule has 0 atom stereocenters. The number of methoxy groups -OCH3 is 2. The summed E-state index contributed by atoms with van der Waals surface area (Å²) < 4.78 is 54.1. The van der Waals surface area contributed by atoms with E-state index in [0.717, 1.165) is 12.1 Å². The maximum Gasteiger partial charge on any atom is 0.416 e. The Hall–Kier alpha value is -2.74. The fourth-order valence-corrected chi connectivity index (χ4v) is 2.10. The van der Waals surface area contributed by atoms with Crippen molar-refractivity contribution < 1.29 is 32.2 Å². The molecule has 0 fully saturated rings. The van der Waals surface area contributed by atoms with Crippen LogP contribution in [0.15, 0.2) is 42.5 Å². The number of rotatable bonds is 7. The maximum atomic E-state index is 13.0. The average Bonchev–Trinajstić information content (AvgIpc) is 2.62. The van der Waals surface area contributed by atoms with Crippen LogP contribution in [0.3, 0.4) is 0 Å². The van der Waals surface area contributed by atoms with Gasteiger partial charge in [0.1, 0.15) is 18.1 Å². The molecule has 0 saturated heterocycles. The highest BCUT2D eigenvalue weighted by molar-refractivity contribution is 6.05. The van der Waals surface area contributed by atoms with Gasteiger partial charge in [-0.2, -0.15) is 13.2 Å². The van der Waals surface area contributed by atoms with Gasteiger partial charge in [0.25, 0.3) is 5.91 Å². The number of ether oxygens (including phenoxy) is 3. The van der Waals surface area contributed by atoms with Crippen molar-refractivity contribution in [3.8, 4) is 11.5 Å². The minimum Gasteiger partial charge on any atom is -0.497 e. The number of hydrogen-bond acceptors (Lipinski definition) is 4. The van der Waals surface area contributed by atoms with Gasteiger partial charge in [0.2, 0.25) is 0 Å². The van der Waals surface area contributed by atoms with Gasteiger partial charge in [0, 0.05) is 12.7 Å². The van der Waals surface area contributed by atoms with Crippen LogP contribution >= 0.6 is 0 Å². The Bertz CT molecular complexity index is 745. The molecule has 0 unspecified atom stereocenters. The predicted molar refractivity (Wildman–Crippen MR) is 89.8 cm³/mol. The summed E-state index contributed by atoms with van der Waals surface area (Å²) in [5.41, 5.74) is -0.690. The largest absolute Gasteiger partial charge is 0.497 e. The molecule has 0 saturated carbocycles. The summed E-state index contributed by atoms with van der Waals surface area (Å²) in [5, 5.41) is 2.46. The van der Waals surface area contributed by atoms with E-state index in [1.54, 1.807) is 12.1 Å². The number of benzene rings is 2. The van der Waals surface area contributed by atoms with Crippen molar-refractivity contribution in [3.05, 3.63) is 53.6 Å². The normalized spacial score (nSPS) is 11.1. The molecule has 0 spiro atoms. The number of anilines is 1. The monoisotopic (exact) mass is 369 g/mol. The van der Waals surface area contributed by atoms with Crippen molar-refractivity contribution in [1.82, 2.24) is 0 Å². The second-order valence-corrected chi connectivity index (χ2v) is 5.23. The van der Waals surface area contributed by atoms with Gasteiger partial charge in [-0.3, -0.25) is 4.79 Å². The number of amides is 1. The van der Waals surface area contributed by atoms with Crippen LogP contribution in [0.2, 0.25) is 0 Å². The van der Waals surface area contributed by atoms with Crippen LogP contribution in [0.25, 0.3) is 0 Å². The van der Waals surface area contributed by atoms with Crippen LogP contribution in [0, 0.1) is 0 Å². The lowest BCUT2D eigenvalue weighted by Gasteiger charge is -2.15. The fourth-order valence-electron chi connectivity index (χ4n) is 2.10. The topological polar surface area (TPSA) is 56.8 Å². The number of nitrogens with one attached hydrogen (secondary N) is 1. The molecule has 8 heteroatoms. The lowest BCUT2D eigenvalue weighted by atomic mass is 10.1. The molecule has 0 aliphatic heterocycles. The van der Waals surface area contributed by atoms with E-state index in [4.69, 9.17) is 14.2 Å². The minimum atomic E-state index is -4.54. The molecule has 2 rings (SSSR count). The third kappa shape index (κ3) is 5.13. The first-order valence-electron chi connectivity index (χ1n) is 7.63. The van der Waals surface area contributed by atoms with Crippen molar-refractivity contribution in [2.45, 2.75) is 6.18 Å². The van der Waals surface area contributed by atoms with E-state index in [0.29, 0.717) is 5.75 Å². The first-order chi connectivity index (χ1) is 12.3. The maximum absolute atomic E-state index is 13.0. The highest BCUT2D eigenvalue weighted by Crippen LogP contribution is 2.35. The SMILES string of the molecule is COCCOc1ccc(C(F)(F)F)cc1NC(=O)c1ccc(OC)cc1. The van der Waals surface area contributed by atoms with Gasteiger partial charge in [0.15, 0.2) is 0 Å². The van der Waals surface area contributed by atoms with Crippen LogP contribution in [-0.2, 0) is 10.9 Å². The van der Waals surface area contributed by atoms with Crippen molar-refractivity contribution in [1.29, 1.82) is 0 Å². The molecule has 0 heterocycles. The molecular weight excluding hydrogens is 351 g/mol. The van der Waals surface area contributed by atoms with Gasteiger partial charge >= 0.3 is 6.18 Å². The van der Waals surface area contributed by atoms with Gasteiger partial charge in [-0.1, -0.05) is 0 Å². The zero-order valence-corrected chi connectivity index (χ0v) is 14.2. The standard InChI is InChI=1S/C18H18F3NO4/c1-24-9-10-26-16-8-5-13(18(19,20)21)11-15(16)22-17(23)12-3-6-14(25-2)7-4-12/h3-8,11H,9-10H2,1-2H3,(H,22,23). The van der Waals surface area contributed by atoms with Gasteiger partial charge in [-0.25, -0.2) is 0 Å². The first kappa shape index (κ1) is 19.6. The molecule has 26 heavy (non-hydrogen) atoms. The van der Waals surface area contributed by atoms with Crippen LogP contribution in [0.5, 0.6) is 11.5 Å². The van der Waals surface area contributed by atoms with Crippen LogP contribution < -0.4 is 14.8 Å². The van der Waals surface area contributed by atoms with Gasteiger partial charge < -0.3 is 19.5 Å². The summed E-state index contributed by atoms with van der Waals surface area (Å²) in [4.78, 5) is 12.3. The smallest absolute Gasteiger partial charge is 0.416 e. The summed E-state index contributed by atoms with van der Waals surface area (Å²) in [5.74, 6) is 0.115. The quantitative estimate of drug-likeness (QED) is 0.750. The van der Waals surface area contributed by atoms with Crippen molar-refractivity contribution in [2.24, 2.45) is 0 Å². The van der Waals surface area contributed by atoms with Gasteiger partial charge in [-0.05, 0) is 42.5 Å². The lowest BCUT2D eigenvalue weighted by molar-refractivity contribution is -0.137. The summed E-state index contributed by atoms with van der Waals surface area (Å²) in [7, 11) is 2.96. The Labute approximate surface area is 148 Å². The van der Waals surface area contributed by atoms with E-state index in [1.165, 1.54) is 32.4 Å². The van der Waals surface area contributed by atoms with Crippen LogP contribution in [-0.4, -0.2) is 33.3 Å². The van der Waals surface area contributed by atoms with Gasteiger partial charge in [0.05, 0.1) is 25.0 Å². The van der Waals surface area contributed by atoms with Crippen molar-refractivity contribution in [3.63, 3.8) is 0 Å². The molecule has 2 aromatic carbocycles. The molecule has 0 aliphatic carbocycles. The summed E-state index contributed by atoms with van der Waals surface area (Å²) in [6.07, 6.45) is -4.54. The fraction of sp³-hybridized carbons (Fsp3) is 0.278. The summed E-state index contributed by atoms with van der Waals surface area (Å²) in [6.45, 7) is 0.389. The Morgan fingerprint density at radius 1 is 1.04 bits per heavy atom. The molecule has 140 valence electrons. The average molecular weight is 369 g/mol. The second kappa shape index (κ2) is 8.57. The molecule has 2 aromatic rings. The molecule has 0 aliphatic rings. The van der Waals surface area contributed by atoms with Gasteiger partial charge in [-0.15, -0.1) is 0 Å². The number of carbonyl (C=O) groups is 1. The molecule has 0 radical (unpaired) electrons. The number of carbonyl (C=O) groups excluding carboxylic acids is 1. The molecule has 0 aromatic heterocycles. The van der Waals surface area contributed by atoms with Crippen LogP contribution in [0.4, 0.5) is 18.9 Å². The van der Waals surface area contributed by atoms with E-state index in [-0.39, 0.29) is 30.2 Å². The Morgan fingerprint density at radius 3 is 2.31 bits per heavy atom. The lowest BCUT2D eigenvalue weighted by Crippen LogP contribution is -2.15. The highest BCUT2D eigenvalue weighted by Gasteiger charge is 2.31. The molecule has 0 bridgehead atoms. The van der Waals surface area contributed by atoms with Crippen LogP contribution in [0.1, 0.15) is 15.9 Å². The highest BCUT2D eigenvalue weighted by atomic mass is 19.4.